The quantitative estimate of drug-likeness (QED) is 0.723. The molecule has 2 heterocycles. The summed E-state index contributed by atoms with van der Waals surface area (Å²) in [5.41, 5.74) is 2.03. The van der Waals surface area contributed by atoms with Crippen molar-refractivity contribution in [2.75, 3.05) is 6.54 Å². The van der Waals surface area contributed by atoms with Gasteiger partial charge in [0.25, 0.3) is 0 Å². The largest absolute Gasteiger partial charge is 0.309 e. The molecule has 0 saturated carbocycles. The SMILES string of the molecule is CCCNC(Cc1c(Cl)c(C)nn1CC)c1ccc(Br)s1. The smallest absolute Gasteiger partial charge is 0.0847 e. The topological polar surface area (TPSA) is 29.9 Å². The lowest BCUT2D eigenvalue weighted by atomic mass is 10.1. The van der Waals surface area contributed by atoms with Gasteiger partial charge in [-0.3, -0.25) is 4.68 Å². The first-order valence-corrected chi connectivity index (χ1v) is 9.25. The second-order valence-corrected chi connectivity index (χ2v) is 7.89. The Kier molecular flexibility index (Phi) is 6.29. The van der Waals surface area contributed by atoms with Crippen LogP contribution in [0.25, 0.3) is 0 Å². The Morgan fingerprint density at radius 2 is 2.19 bits per heavy atom. The normalized spacial score (nSPS) is 12.8. The van der Waals surface area contributed by atoms with Gasteiger partial charge in [-0.05, 0) is 54.9 Å². The second-order valence-electron chi connectivity index (χ2n) is 5.01. The van der Waals surface area contributed by atoms with Gasteiger partial charge in [0.1, 0.15) is 0 Å². The fourth-order valence-electron chi connectivity index (χ4n) is 2.36. The molecule has 0 aliphatic rings. The van der Waals surface area contributed by atoms with Crippen LogP contribution in [-0.4, -0.2) is 16.3 Å². The maximum Gasteiger partial charge on any atom is 0.0847 e. The minimum absolute atomic E-state index is 0.278. The van der Waals surface area contributed by atoms with Gasteiger partial charge in [-0.15, -0.1) is 11.3 Å². The molecule has 0 aromatic carbocycles. The molecule has 1 N–H and O–H groups in total. The Morgan fingerprint density at radius 1 is 1.43 bits per heavy atom. The van der Waals surface area contributed by atoms with Crippen LogP contribution in [0.2, 0.25) is 5.02 Å². The molecule has 116 valence electrons. The third-order valence-corrected chi connectivity index (χ3v) is 5.66. The third kappa shape index (κ3) is 4.09. The number of nitrogens with zero attached hydrogens (tertiary/aromatic N) is 2. The van der Waals surface area contributed by atoms with Gasteiger partial charge in [0.15, 0.2) is 0 Å². The highest BCUT2D eigenvalue weighted by molar-refractivity contribution is 9.11. The predicted molar refractivity (Wildman–Crippen MR) is 94.4 cm³/mol. The van der Waals surface area contributed by atoms with Crippen LogP contribution in [0.4, 0.5) is 0 Å². The summed E-state index contributed by atoms with van der Waals surface area (Å²) in [5.74, 6) is 0. The van der Waals surface area contributed by atoms with Crippen molar-refractivity contribution in [1.82, 2.24) is 15.1 Å². The number of hydrogen-bond donors (Lipinski definition) is 1. The number of aryl methyl sites for hydroxylation is 2. The van der Waals surface area contributed by atoms with Crippen LogP contribution in [0, 0.1) is 6.92 Å². The number of nitrogens with one attached hydrogen (secondary N) is 1. The van der Waals surface area contributed by atoms with Crippen molar-refractivity contribution in [2.45, 2.75) is 46.2 Å². The minimum Gasteiger partial charge on any atom is -0.309 e. The van der Waals surface area contributed by atoms with Gasteiger partial charge < -0.3 is 5.32 Å². The number of halogens is 2. The van der Waals surface area contributed by atoms with Gasteiger partial charge in [0, 0.05) is 23.9 Å². The Hall–Kier alpha value is -0.360. The molecule has 0 bridgehead atoms. The van der Waals surface area contributed by atoms with Gasteiger partial charge >= 0.3 is 0 Å². The number of aromatic nitrogens is 2. The summed E-state index contributed by atoms with van der Waals surface area (Å²) < 4.78 is 3.17. The average molecular weight is 391 g/mol. The third-order valence-electron chi connectivity index (χ3n) is 3.43. The molecule has 0 amide bonds. The number of thiophene rings is 1. The van der Waals surface area contributed by atoms with Crippen molar-refractivity contribution in [2.24, 2.45) is 0 Å². The number of rotatable bonds is 7. The van der Waals surface area contributed by atoms with Crippen molar-refractivity contribution >= 4 is 38.9 Å². The minimum atomic E-state index is 0.278. The first-order valence-electron chi connectivity index (χ1n) is 7.27. The summed E-state index contributed by atoms with van der Waals surface area (Å²) in [5, 5.41) is 8.94. The van der Waals surface area contributed by atoms with Gasteiger partial charge in [-0.25, -0.2) is 0 Å². The Balaban J connectivity index is 2.26. The van der Waals surface area contributed by atoms with Crippen LogP contribution in [0.15, 0.2) is 15.9 Å². The van der Waals surface area contributed by atoms with Crippen molar-refractivity contribution in [3.63, 3.8) is 0 Å². The van der Waals surface area contributed by atoms with E-state index < -0.39 is 0 Å². The van der Waals surface area contributed by atoms with Gasteiger partial charge in [0.2, 0.25) is 0 Å². The molecule has 0 radical (unpaired) electrons. The van der Waals surface area contributed by atoms with Crippen LogP contribution in [0.1, 0.15) is 42.6 Å². The zero-order chi connectivity index (χ0) is 15.4. The van der Waals surface area contributed by atoms with Crippen LogP contribution < -0.4 is 5.32 Å². The van der Waals surface area contributed by atoms with E-state index in [9.17, 15) is 0 Å². The van der Waals surface area contributed by atoms with E-state index >= 15 is 0 Å². The van der Waals surface area contributed by atoms with E-state index in [1.165, 1.54) is 4.88 Å². The lowest BCUT2D eigenvalue weighted by Crippen LogP contribution is -2.24. The fraction of sp³-hybridized carbons (Fsp3) is 0.533. The molecule has 21 heavy (non-hydrogen) atoms. The van der Waals surface area contributed by atoms with Gasteiger partial charge in [-0.2, -0.15) is 5.10 Å². The zero-order valence-electron chi connectivity index (χ0n) is 12.6. The first kappa shape index (κ1) is 17.0. The maximum atomic E-state index is 6.45. The lowest BCUT2D eigenvalue weighted by molar-refractivity contribution is 0.508. The van der Waals surface area contributed by atoms with Crippen LogP contribution in [0.5, 0.6) is 0 Å². The van der Waals surface area contributed by atoms with E-state index in [4.69, 9.17) is 11.6 Å². The molecular weight excluding hydrogens is 370 g/mol. The van der Waals surface area contributed by atoms with E-state index in [-0.39, 0.29) is 6.04 Å². The molecule has 0 saturated heterocycles. The van der Waals surface area contributed by atoms with Crippen molar-refractivity contribution in [1.29, 1.82) is 0 Å². The summed E-state index contributed by atoms with van der Waals surface area (Å²) in [6.45, 7) is 8.09. The second kappa shape index (κ2) is 7.77. The van der Waals surface area contributed by atoms with E-state index in [0.29, 0.717) is 0 Å². The molecule has 2 aromatic rings. The molecular formula is C15H21BrClN3S. The highest BCUT2D eigenvalue weighted by Gasteiger charge is 2.20. The molecule has 6 heteroatoms. The Bertz CT molecular complexity index is 594. The molecule has 0 spiro atoms. The Labute approximate surface area is 143 Å². The molecule has 3 nitrogen and oxygen atoms in total. The predicted octanol–water partition coefficient (Wildman–Crippen LogP) is 4.97. The number of hydrogen-bond acceptors (Lipinski definition) is 3. The molecule has 0 aliphatic heterocycles. The van der Waals surface area contributed by atoms with Crippen LogP contribution in [-0.2, 0) is 13.0 Å². The van der Waals surface area contributed by atoms with E-state index in [1.807, 2.05) is 11.6 Å². The van der Waals surface area contributed by atoms with Crippen molar-refractivity contribution in [3.05, 3.63) is 37.2 Å². The van der Waals surface area contributed by atoms with Crippen LogP contribution >= 0.6 is 38.9 Å². The molecule has 2 rings (SSSR count). The highest BCUT2D eigenvalue weighted by atomic mass is 79.9. The van der Waals surface area contributed by atoms with Crippen LogP contribution in [0.3, 0.4) is 0 Å². The molecule has 0 aliphatic carbocycles. The molecule has 1 atom stereocenters. The molecule has 2 aromatic heterocycles. The van der Waals surface area contributed by atoms with E-state index in [1.54, 1.807) is 11.3 Å². The molecule has 0 fully saturated rings. The first-order chi connectivity index (χ1) is 10.1. The summed E-state index contributed by atoms with van der Waals surface area (Å²) in [7, 11) is 0. The molecule has 1 unspecified atom stereocenters. The van der Waals surface area contributed by atoms with E-state index in [0.717, 1.165) is 46.1 Å². The van der Waals surface area contributed by atoms with Crippen molar-refractivity contribution in [3.8, 4) is 0 Å². The monoisotopic (exact) mass is 389 g/mol. The summed E-state index contributed by atoms with van der Waals surface area (Å²) in [6.07, 6.45) is 1.98. The summed E-state index contributed by atoms with van der Waals surface area (Å²) in [6, 6.07) is 4.56. The lowest BCUT2D eigenvalue weighted by Gasteiger charge is -2.18. The Morgan fingerprint density at radius 3 is 2.76 bits per heavy atom. The van der Waals surface area contributed by atoms with Gasteiger partial charge in [0.05, 0.1) is 20.2 Å². The summed E-state index contributed by atoms with van der Waals surface area (Å²) in [4.78, 5) is 1.33. The fourth-order valence-corrected chi connectivity index (χ4v) is 4.08. The maximum absolute atomic E-state index is 6.45. The van der Waals surface area contributed by atoms with E-state index in [2.05, 4.69) is 52.3 Å². The highest BCUT2D eigenvalue weighted by Crippen LogP contribution is 2.31. The summed E-state index contributed by atoms with van der Waals surface area (Å²) >= 11 is 11.8. The zero-order valence-corrected chi connectivity index (χ0v) is 15.8. The standard InChI is InChI=1S/C15H21BrClN3S/c1-4-8-18-11(13-6-7-14(16)21-13)9-12-15(17)10(3)19-20(12)5-2/h6-7,11,18H,4-5,8-9H2,1-3H3. The average Bonchev–Trinajstić information content (AvgIpc) is 3.01. The van der Waals surface area contributed by atoms with Gasteiger partial charge in [-0.1, -0.05) is 18.5 Å². The van der Waals surface area contributed by atoms with Crippen molar-refractivity contribution < 1.29 is 0 Å².